The molecule has 3 nitrogen and oxygen atoms in total. The molecule has 29 heavy (non-hydrogen) atoms. The summed E-state index contributed by atoms with van der Waals surface area (Å²) >= 11 is 0. The van der Waals surface area contributed by atoms with Gasteiger partial charge in [0.25, 0.3) is 0 Å². The van der Waals surface area contributed by atoms with E-state index in [1.165, 1.54) is 57.1 Å². The van der Waals surface area contributed by atoms with Crippen LogP contribution in [0.25, 0.3) is 0 Å². The van der Waals surface area contributed by atoms with Gasteiger partial charge in [0.2, 0.25) is 0 Å². The van der Waals surface area contributed by atoms with E-state index in [-0.39, 0.29) is 7.12 Å². The van der Waals surface area contributed by atoms with Crippen molar-refractivity contribution in [2.75, 3.05) is 6.61 Å². The molecule has 160 valence electrons. The van der Waals surface area contributed by atoms with Crippen molar-refractivity contribution in [1.29, 1.82) is 0 Å². The van der Waals surface area contributed by atoms with Crippen LogP contribution in [0.3, 0.4) is 0 Å². The fourth-order valence-electron chi connectivity index (χ4n) is 8.38. The zero-order valence-electron chi connectivity index (χ0n) is 18.8. The van der Waals surface area contributed by atoms with E-state index in [1.807, 2.05) is 0 Å². The highest BCUT2D eigenvalue weighted by Gasteiger charge is 2.59. The molecule has 5 aliphatic rings. The third-order valence-corrected chi connectivity index (χ3v) is 10.1. The van der Waals surface area contributed by atoms with Gasteiger partial charge in [0.1, 0.15) is 11.5 Å². The predicted molar refractivity (Wildman–Crippen MR) is 116 cm³/mol. The second-order valence-electron chi connectivity index (χ2n) is 11.3. The van der Waals surface area contributed by atoms with Gasteiger partial charge in [0.15, 0.2) is 0 Å². The average Bonchev–Trinajstić information content (AvgIpc) is 3.30. The first-order valence-corrected chi connectivity index (χ1v) is 12.5. The Bertz CT molecular complexity index is 702. The SMILES string of the molecule is CCCCB1OC/C(=C2/CC[C@H]3[C@@H]4CC[C@H]5CC(=O)CC[C@]5(C)[C@H]4CC[C@]23C)O1. The van der Waals surface area contributed by atoms with Crippen LogP contribution in [0.4, 0.5) is 0 Å². The van der Waals surface area contributed by atoms with Gasteiger partial charge in [-0.2, -0.15) is 0 Å². The molecule has 0 aromatic carbocycles. The largest absolute Gasteiger partial charge is 0.537 e. The normalized spacial score (nSPS) is 46.9. The third kappa shape index (κ3) is 3.15. The molecule has 0 aromatic rings. The van der Waals surface area contributed by atoms with Gasteiger partial charge < -0.3 is 9.31 Å². The van der Waals surface area contributed by atoms with Crippen molar-refractivity contribution >= 4 is 12.9 Å². The number of Topliss-reactive ketones (excluding diaryl/α,β-unsaturated/α-hetero) is 1. The molecule has 0 aromatic heterocycles. The van der Waals surface area contributed by atoms with Crippen LogP contribution < -0.4 is 0 Å². The molecular formula is C25H39BO3. The number of hydrogen-bond acceptors (Lipinski definition) is 3. The molecule has 1 heterocycles. The van der Waals surface area contributed by atoms with Gasteiger partial charge in [-0.1, -0.05) is 33.6 Å². The van der Waals surface area contributed by atoms with Crippen LogP contribution in [0.1, 0.15) is 91.4 Å². The van der Waals surface area contributed by atoms with E-state index in [4.69, 9.17) is 9.31 Å². The Morgan fingerprint density at radius 1 is 1.07 bits per heavy atom. The summed E-state index contributed by atoms with van der Waals surface area (Å²) in [5.41, 5.74) is 2.32. The Morgan fingerprint density at radius 2 is 1.93 bits per heavy atom. The van der Waals surface area contributed by atoms with E-state index in [9.17, 15) is 4.79 Å². The number of carbonyl (C=O) groups excluding carboxylic acids is 1. The van der Waals surface area contributed by atoms with Gasteiger partial charge in [-0.05, 0) is 91.3 Å². The van der Waals surface area contributed by atoms with Gasteiger partial charge in [-0.3, -0.25) is 4.79 Å². The molecule has 5 rings (SSSR count). The Hall–Kier alpha value is -0.765. The number of rotatable bonds is 3. The standard InChI is InChI=1S/C25H39BO3/c1-4-5-14-26-28-16-23(29-26)22-9-8-20-19-7-6-17-15-18(27)10-12-24(17,2)21(19)11-13-25(20,22)3/h17,19-21H,4-16H2,1-3H3/b23-22+/t17-,19-,20-,21-,24-,25-/m0/s1. The first kappa shape index (κ1) is 20.2. The van der Waals surface area contributed by atoms with Crippen molar-refractivity contribution in [3.05, 3.63) is 11.3 Å². The van der Waals surface area contributed by atoms with Gasteiger partial charge in [-0.25, -0.2) is 0 Å². The van der Waals surface area contributed by atoms with Crippen LogP contribution in [0.2, 0.25) is 6.32 Å². The zero-order valence-corrected chi connectivity index (χ0v) is 18.8. The number of fused-ring (bicyclic) bond motifs is 5. The molecule has 0 amide bonds. The second-order valence-corrected chi connectivity index (χ2v) is 11.3. The minimum absolute atomic E-state index is 0.00874. The van der Waals surface area contributed by atoms with E-state index in [0.717, 1.165) is 43.3 Å². The molecule has 5 fully saturated rings. The first-order valence-electron chi connectivity index (χ1n) is 12.5. The van der Waals surface area contributed by atoms with E-state index >= 15 is 0 Å². The molecule has 0 unspecified atom stereocenters. The van der Waals surface area contributed by atoms with Crippen molar-refractivity contribution < 1.29 is 14.1 Å². The minimum atomic E-state index is -0.00874. The summed E-state index contributed by atoms with van der Waals surface area (Å²) in [6.07, 6.45) is 14.1. The summed E-state index contributed by atoms with van der Waals surface area (Å²) in [4.78, 5) is 12.1. The molecule has 4 heteroatoms. The van der Waals surface area contributed by atoms with Crippen molar-refractivity contribution in [1.82, 2.24) is 0 Å². The maximum Gasteiger partial charge on any atom is 0.525 e. The minimum Gasteiger partial charge on any atom is -0.537 e. The van der Waals surface area contributed by atoms with Gasteiger partial charge in [0, 0.05) is 12.8 Å². The number of carbonyl (C=O) groups is 1. The van der Waals surface area contributed by atoms with Crippen LogP contribution in [-0.4, -0.2) is 19.5 Å². The molecule has 4 aliphatic carbocycles. The molecule has 1 saturated heterocycles. The topological polar surface area (TPSA) is 35.5 Å². The second kappa shape index (κ2) is 7.43. The third-order valence-electron chi connectivity index (χ3n) is 10.1. The summed E-state index contributed by atoms with van der Waals surface area (Å²) in [7, 11) is -0.00874. The van der Waals surface area contributed by atoms with E-state index in [2.05, 4.69) is 20.8 Å². The van der Waals surface area contributed by atoms with Gasteiger partial charge in [-0.15, -0.1) is 0 Å². The number of hydrogen-bond donors (Lipinski definition) is 0. The summed E-state index contributed by atoms with van der Waals surface area (Å²) in [5.74, 6) is 4.85. The van der Waals surface area contributed by atoms with Crippen molar-refractivity contribution in [3.63, 3.8) is 0 Å². The predicted octanol–water partition coefficient (Wildman–Crippen LogP) is 6.19. The van der Waals surface area contributed by atoms with Crippen LogP contribution in [0.5, 0.6) is 0 Å². The molecule has 0 bridgehead atoms. The highest BCUT2D eigenvalue weighted by Crippen LogP contribution is 2.67. The monoisotopic (exact) mass is 398 g/mol. The number of unbranched alkanes of at least 4 members (excludes halogenated alkanes) is 1. The van der Waals surface area contributed by atoms with Crippen LogP contribution in [0, 0.1) is 34.5 Å². The maximum atomic E-state index is 12.1. The summed E-state index contributed by atoms with van der Waals surface area (Å²) in [5, 5.41) is 0. The lowest BCUT2D eigenvalue weighted by Gasteiger charge is -2.59. The molecular weight excluding hydrogens is 359 g/mol. The molecule has 0 spiro atoms. The molecule has 6 atom stereocenters. The van der Waals surface area contributed by atoms with Crippen molar-refractivity contribution in [2.24, 2.45) is 34.5 Å². The molecule has 0 N–H and O–H groups in total. The van der Waals surface area contributed by atoms with Gasteiger partial charge in [0.05, 0.1) is 6.61 Å². The van der Waals surface area contributed by atoms with Crippen molar-refractivity contribution in [2.45, 2.75) is 97.7 Å². The molecule has 1 aliphatic heterocycles. The average molecular weight is 398 g/mol. The Labute approximate surface area is 177 Å². The Morgan fingerprint density at radius 3 is 2.76 bits per heavy atom. The van der Waals surface area contributed by atoms with Crippen LogP contribution >= 0.6 is 0 Å². The van der Waals surface area contributed by atoms with Crippen LogP contribution in [-0.2, 0) is 14.1 Å². The Balaban J connectivity index is 1.36. The fourth-order valence-corrected chi connectivity index (χ4v) is 8.38. The lowest BCUT2D eigenvalue weighted by atomic mass is 9.45. The highest BCUT2D eigenvalue weighted by atomic mass is 16.6. The summed E-state index contributed by atoms with van der Waals surface area (Å²) in [6, 6.07) is 0. The molecule has 4 saturated carbocycles. The lowest BCUT2D eigenvalue weighted by Crippen LogP contribution is -2.53. The number of allylic oxidation sites excluding steroid dienone is 1. The smallest absolute Gasteiger partial charge is 0.525 e. The Kier molecular flexibility index (Phi) is 5.16. The van der Waals surface area contributed by atoms with Crippen LogP contribution in [0.15, 0.2) is 11.3 Å². The van der Waals surface area contributed by atoms with E-state index in [0.29, 0.717) is 29.1 Å². The lowest BCUT2D eigenvalue weighted by molar-refractivity contribution is -0.136. The fraction of sp³-hybridized carbons (Fsp3) is 0.880. The molecule has 0 radical (unpaired) electrons. The highest BCUT2D eigenvalue weighted by molar-refractivity contribution is 6.45. The maximum absolute atomic E-state index is 12.1. The van der Waals surface area contributed by atoms with Crippen molar-refractivity contribution in [3.8, 4) is 0 Å². The van der Waals surface area contributed by atoms with Gasteiger partial charge >= 0.3 is 7.12 Å². The summed E-state index contributed by atoms with van der Waals surface area (Å²) in [6.45, 7) is 8.02. The zero-order chi connectivity index (χ0) is 20.2. The number of ketones is 1. The quantitative estimate of drug-likeness (QED) is 0.532. The van der Waals surface area contributed by atoms with E-state index in [1.54, 1.807) is 5.57 Å². The summed E-state index contributed by atoms with van der Waals surface area (Å²) < 4.78 is 12.3. The van der Waals surface area contributed by atoms with E-state index < -0.39 is 0 Å². The first-order chi connectivity index (χ1) is 14.0.